The first-order valence-electron chi connectivity index (χ1n) is 19.9. The number of carboxylic acids is 1. The lowest BCUT2D eigenvalue weighted by molar-refractivity contribution is -0.116. The standard InChI is InChI=1S/C14H15N5O4.C13H13N5O4.C9H9ClN2O3.C7H8N2O2/c1-23-14(22)9-3-2-7(6-17-9)18-12(21)4-8-10(20)5-11(15)19-13(8)16;14-10-4-9(19)7(12(15)18-10)3-11(20)17-6-1-2-8(13(21)22)16-5-6;1-15-9(14)7-3-2-6(5-11-7)12-8(13)4-10;1-11-7(10)6-3-2-5(8)4-9-6/h2-3,6,20H,4-5H2,1H3,(H,18,21)(H3,15,16,19);1-2,5,19H,3-4H2,(H,17,20)(H,21,22)(H3,14,15,18);2-3,5H,4H2,1H3,(H,12,13);2-4H,8H2,1H3. The Labute approximate surface area is 406 Å². The predicted molar refractivity (Wildman–Crippen MR) is 255 cm³/mol. The van der Waals surface area contributed by atoms with Crippen LogP contribution in [0.3, 0.4) is 0 Å². The number of nitrogens with two attached hydrogens (primary N) is 3. The van der Waals surface area contributed by atoms with Crippen LogP contribution in [0.5, 0.6) is 0 Å². The molecular weight excluding hydrogens is 956 g/mol. The first kappa shape index (κ1) is 55.7. The van der Waals surface area contributed by atoms with Crippen LogP contribution in [-0.4, -0.2) is 127 Å². The fraction of sp³-hybridized carbons (Fsp3) is 0.186. The highest BCUT2D eigenvalue weighted by atomic mass is 35.5. The van der Waals surface area contributed by atoms with Crippen LogP contribution in [0.15, 0.2) is 106 Å². The van der Waals surface area contributed by atoms with Gasteiger partial charge in [0.2, 0.25) is 17.7 Å². The zero-order valence-corrected chi connectivity index (χ0v) is 38.4. The molecule has 0 fully saturated rings. The molecule has 2 aliphatic heterocycles. The van der Waals surface area contributed by atoms with Crippen molar-refractivity contribution in [3.05, 3.63) is 119 Å². The van der Waals surface area contributed by atoms with Crippen LogP contribution in [0.2, 0.25) is 0 Å². The van der Waals surface area contributed by atoms with Gasteiger partial charge in [-0.15, -0.1) is 11.6 Å². The smallest absolute Gasteiger partial charge is 0.356 e. The molecule has 28 heteroatoms. The number of hydrogen-bond donors (Lipinski definition) is 11. The number of aromatic nitrogens is 4. The average molecular weight is 1000 g/mol. The lowest BCUT2D eigenvalue weighted by Gasteiger charge is -2.14. The number of methoxy groups -OCH3 is 3. The van der Waals surface area contributed by atoms with Crippen molar-refractivity contribution in [1.29, 1.82) is 10.8 Å². The number of aliphatic hydroxyl groups is 2. The van der Waals surface area contributed by atoms with E-state index in [4.69, 9.17) is 44.7 Å². The molecule has 4 aromatic rings. The van der Waals surface area contributed by atoms with Crippen molar-refractivity contribution in [3.63, 3.8) is 0 Å². The van der Waals surface area contributed by atoms with Gasteiger partial charge < -0.3 is 62.7 Å². The lowest BCUT2D eigenvalue weighted by atomic mass is 10.1. The van der Waals surface area contributed by atoms with Gasteiger partial charge in [-0.3, -0.25) is 25.2 Å². The number of carbonyl (C=O) groups excluding carboxylic acids is 6. The minimum atomic E-state index is -1.17. The molecule has 4 aromatic heterocycles. The Morgan fingerprint density at radius 3 is 1.18 bits per heavy atom. The molecule has 0 unspecified atom stereocenters. The number of ether oxygens (including phenoxy) is 3. The number of amidine groups is 4. The topological polar surface area (TPSA) is 446 Å². The molecule has 6 heterocycles. The highest BCUT2D eigenvalue weighted by molar-refractivity contribution is 6.29. The Balaban J connectivity index is 0.000000259. The van der Waals surface area contributed by atoms with Gasteiger partial charge in [0.25, 0.3) is 0 Å². The summed E-state index contributed by atoms with van der Waals surface area (Å²) in [6.45, 7) is 0. The van der Waals surface area contributed by atoms with E-state index < -0.39 is 35.7 Å². The Morgan fingerprint density at radius 1 is 0.563 bits per heavy atom. The first-order chi connectivity index (χ1) is 33.7. The predicted octanol–water partition coefficient (Wildman–Crippen LogP) is 2.90. The molecule has 0 atom stereocenters. The largest absolute Gasteiger partial charge is 0.511 e. The number of pyridine rings is 4. The Kier molecular flexibility index (Phi) is 21.3. The van der Waals surface area contributed by atoms with Crippen molar-refractivity contribution in [2.45, 2.75) is 25.7 Å². The van der Waals surface area contributed by atoms with Gasteiger partial charge in [0, 0.05) is 11.1 Å². The van der Waals surface area contributed by atoms with Gasteiger partial charge in [-0.05, 0) is 48.5 Å². The number of nitrogens with one attached hydrogen (secondary N) is 5. The van der Waals surface area contributed by atoms with Gasteiger partial charge in [-0.25, -0.2) is 49.1 Å². The van der Waals surface area contributed by atoms with Crippen LogP contribution in [0, 0.1) is 10.8 Å². The number of nitrogens with zero attached hydrogens (tertiary/aromatic N) is 6. The number of anilines is 4. The Bertz CT molecular complexity index is 2780. The van der Waals surface area contributed by atoms with Crippen molar-refractivity contribution in [2.24, 2.45) is 21.5 Å². The maximum absolute atomic E-state index is 12.0. The Hall–Kier alpha value is -9.66. The summed E-state index contributed by atoms with van der Waals surface area (Å²) in [7, 11) is 3.82. The number of esters is 3. The molecule has 14 N–H and O–H groups in total. The average Bonchev–Trinajstić information content (AvgIpc) is 3.34. The van der Waals surface area contributed by atoms with Gasteiger partial charge in [0.05, 0.1) is 94.5 Å². The van der Waals surface area contributed by atoms with E-state index in [1.54, 1.807) is 12.1 Å². The molecule has 0 aliphatic carbocycles. The minimum absolute atomic E-state index is 0.000141. The third-order valence-corrected chi connectivity index (χ3v) is 8.85. The van der Waals surface area contributed by atoms with Crippen LogP contribution in [0.25, 0.3) is 0 Å². The zero-order valence-electron chi connectivity index (χ0n) is 37.7. The number of amides is 3. The number of aliphatic hydroxyl groups excluding tert-OH is 2. The van der Waals surface area contributed by atoms with Crippen LogP contribution in [-0.2, 0) is 28.6 Å². The van der Waals surface area contributed by atoms with E-state index in [0.717, 1.165) is 0 Å². The van der Waals surface area contributed by atoms with Gasteiger partial charge >= 0.3 is 23.9 Å². The van der Waals surface area contributed by atoms with Crippen molar-refractivity contribution in [3.8, 4) is 0 Å². The number of dihydropyridines is 2. The molecule has 0 saturated carbocycles. The number of carbonyl (C=O) groups is 7. The molecule has 0 radical (unpaired) electrons. The summed E-state index contributed by atoms with van der Waals surface area (Å²) in [5, 5.41) is 51.0. The number of hydrogen-bond acceptors (Lipinski definition) is 21. The molecule has 0 bridgehead atoms. The quantitative estimate of drug-likeness (QED) is 0.0552. The number of aliphatic imine (C=N–C) groups is 2. The maximum atomic E-state index is 12.0. The van der Waals surface area contributed by atoms with Crippen molar-refractivity contribution in [2.75, 3.05) is 48.9 Å². The second kappa shape index (κ2) is 27.2. The number of nitrogen functional groups attached to an aromatic ring is 1. The molecule has 2 aliphatic rings. The number of halogens is 1. The Morgan fingerprint density at radius 2 is 0.901 bits per heavy atom. The molecule has 0 saturated heterocycles. The molecule has 0 spiro atoms. The maximum Gasteiger partial charge on any atom is 0.356 e. The first-order valence-corrected chi connectivity index (χ1v) is 20.4. The van der Waals surface area contributed by atoms with Crippen LogP contribution >= 0.6 is 11.6 Å². The highest BCUT2D eigenvalue weighted by Crippen LogP contribution is 2.20. The molecule has 3 amide bonds. The summed E-state index contributed by atoms with van der Waals surface area (Å²) in [6.07, 6.45) is 4.82. The van der Waals surface area contributed by atoms with Crippen molar-refractivity contribution in [1.82, 2.24) is 19.9 Å². The van der Waals surface area contributed by atoms with Gasteiger partial charge in [-0.2, -0.15) is 0 Å². The summed E-state index contributed by atoms with van der Waals surface area (Å²) in [5.41, 5.74) is 18.6. The summed E-state index contributed by atoms with van der Waals surface area (Å²) in [6, 6.07) is 11.7. The highest BCUT2D eigenvalue weighted by Gasteiger charge is 2.22. The summed E-state index contributed by atoms with van der Waals surface area (Å²) in [5.74, 6) is -4.69. The van der Waals surface area contributed by atoms with Crippen molar-refractivity contribution < 1.29 is 63.1 Å². The third kappa shape index (κ3) is 18.2. The summed E-state index contributed by atoms with van der Waals surface area (Å²) in [4.78, 5) is 101. The molecule has 0 aromatic carbocycles. The molecular formula is C43H45ClN14O13. The number of alkyl halides is 1. The lowest BCUT2D eigenvalue weighted by Crippen LogP contribution is -2.24. The van der Waals surface area contributed by atoms with Crippen LogP contribution in [0.1, 0.15) is 67.6 Å². The third-order valence-electron chi connectivity index (χ3n) is 8.60. The number of rotatable bonds is 12. The van der Waals surface area contributed by atoms with E-state index in [9.17, 15) is 43.8 Å². The van der Waals surface area contributed by atoms with E-state index >= 15 is 0 Å². The van der Waals surface area contributed by atoms with Crippen LogP contribution < -0.4 is 33.2 Å². The molecule has 372 valence electrons. The van der Waals surface area contributed by atoms with Crippen LogP contribution in [0.4, 0.5) is 22.7 Å². The summed E-state index contributed by atoms with van der Waals surface area (Å²) >= 11 is 5.30. The second-order valence-electron chi connectivity index (χ2n) is 13.8. The monoisotopic (exact) mass is 1000 g/mol. The fourth-order valence-corrected chi connectivity index (χ4v) is 5.31. The number of carboxylic acid groups (broad SMARTS) is 1. The van der Waals surface area contributed by atoms with Gasteiger partial charge in [0.15, 0.2) is 11.7 Å². The zero-order chi connectivity index (χ0) is 52.8. The molecule has 71 heavy (non-hydrogen) atoms. The minimum Gasteiger partial charge on any atom is -0.511 e. The molecule has 27 nitrogen and oxygen atoms in total. The SMILES string of the molecule is COC(=O)c1ccc(N)cn1.COC(=O)c1ccc(NC(=O)CC2=C(O)CC(N)=NC2=N)cn1.COC(=O)c1ccc(NC(=O)CCl)cn1.N=C1N=C(N)CC(O)=C1CC(=O)Nc1ccc(C(=O)O)nc1. The van der Waals surface area contributed by atoms with E-state index in [0.29, 0.717) is 22.7 Å². The fourth-order valence-electron chi connectivity index (χ4n) is 5.24. The van der Waals surface area contributed by atoms with Gasteiger partial charge in [-0.1, -0.05) is 0 Å². The van der Waals surface area contributed by atoms with E-state index in [2.05, 4.69) is 60.1 Å². The normalized spacial score (nSPS) is 12.6. The van der Waals surface area contributed by atoms with Gasteiger partial charge in [0.1, 0.15) is 51.8 Å². The summed E-state index contributed by atoms with van der Waals surface area (Å²) < 4.78 is 13.4. The molecule has 6 rings (SSSR count). The van der Waals surface area contributed by atoms with Crippen molar-refractivity contribution >= 4 is 99.3 Å². The van der Waals surface area contributed by atoms with E-state index in [1.807, 2.05) is 0 Å². The van der Waals surface area contributed by atoms with E-state index in [1.165, 1.54) is 82.5 Å². The number of aromatic carboxylic acids is 1. The van der Waals surface area contributed by atoms with E-state index in [-0.39, 0.29) is 106 Å². The second-order valence-corrected chi connectivity index (χ2v) is 14.1.